The number of hydrogen-bond acceptors (Lipinski definition) is 4. The second kappa shape index (κ2) is 10.2. The fraction of sp³-hybridized carbons (Fsp3) is 0.154. The van der Waals surface area contributed by atoms with Gasteiger partial charge in [-0.3, -0.25) is 4.79 Å². The molecule has 4 rings (SSSR count). The Morgan fingerprint density at radius 1 is 0.788 bits per heavy atom. The zero-order chi connectivity index (χ0) is 23.2. The molecule has 1 aliphatic rings. The lowest BCUT2D eigenvalue weighted by atomic mass is 10.1. The Hall–Kier alpha value is -3.77. The molecule has 33 heavy (non-hydrogen) atoms. The molecule has 3 aromatic rings. The number of carboxylic acids is 1. The van der Waals surface area contributed by atoms with Gasteiger partial charge in [0.05, 0.1) is 5.57 Å². The van der Waals surface area contributed by atoms with Gasteiger partial charge in [0, 0.05) is 54.3 Å². The van der Waals surface area contributed by atoms with Gasteiger partial charge in [-0.15, -0.1) is 0 Å². The Labute approximate surface area is 197 Å². The number of aliphatic carboxylic acids is 1. The standard InChI is InChI=1S/C26H24ClN3O3/c27-20-6-10-22(11-7-20)29-14-16-30(17-15-29)23-12-8-21(9-13-23)28-25(31)18-24(26(32)33)19-4-2-1-3-5-19/h1-13,18H,14-17H2,(H,28,31)(H,32,33)/b24-18+. The van der Waals surface area contributed by atoms with Crippen LogP contribution in [0.15, 0.2) is 84.9 Å². The molecule has 6 nitrogen and oxygen atoms in total. The SMILES string of the molecule is O=C(/C=C(/C(=O)O)c1ccccc1)Nc1ccc(N2CCN(c3ccc(Cl)cc3)CC2)cc1. The van der Waals surface area contributed by atoms with Crippen LogP contribution in [0.5, 0.6) is 0 Å². The number of nitrogens with one attached hydrogen (secondary N) is 1. The van der Waals surface area contributed by atoms with Gasteiger partial charge < -0.3 is 20.2 Å². The van der Waals surface area contributed by atoms with Crippen molar-refractivity contribution in [2.45, 2.75) is 0 Å². The summed E-state index contributed by atoms with van der Waals surface area (Å²) >= 11 is 5.98. The summed E-state index contributed by atoms with van der Waals surface area (Å²) in [6, 6.07) is 24.1. The molecule has 168 valence electrons. The number of nitrogens with zero attached hydrogens (tertiary/aromatic N) is 2. The highest BCUT2D eigenvalue weighted by atomic mass is 35.5. The number of piperazine rings is 1. The molecule has 0 aromatic heterocycles. The predicted octanol–water partition coefficient (Wildman–Crippen LogP) is 4.77. The van der Waals surface area contributed by atoms with E-state index < -0.39 is 11.9 Å². The molecule has 3 aromatic carbocycles. The van der Waals surface area contributed by atoms with Crippen LogP contribution in [-0.2, 0) is 9.59 Å². The molecule has 0 aliphatic carbocycles. The molecule has 1 aliphatic heterocycles. The van der Waals surface area contributed by atoms with Crippen molar-refractivity contribution in [3.63, 3.8) is 0 Å². The van der Waals surface area contributed by atoms with E-state index in [2.05, 4.69) is 15.1 Å². The number of hydrogen-bond donors (Lipinski definition) is 2. The molecule has 0 spiro atoms. The van der Waals surface area contributed by atoms with Crippen LogP contribution in [0.25, 0.3) is 5.57 Å². The highest BCUT2D eigenvalue weighted by Gasteiger charge is 2.18. The molecule has 1 saturated heterocycles. The van der Waals surface area contributed by atoms with E-state index in [4.69, 9.17) is 11.6 Å². The van der Waals surface area contributed by atoms with Crippen molar-refractivity contribution in [2.75, 3.05) is 41.3 Å². The number of benzene rings is 3. The van der Waals surface area contributed by atoms with Gasteiger partial charge in [0.25, 0.3) is 0 Å². The van der Waals surface area contributed by atoms with Gasteiger partial charge in [0.1, 0.15) is 0 Å². The van der Waals surface area contributed by atoms with Gasteiger partial charge >= 0.3 is 5.97 Å². The van der Waals surface area contributed by atoms with Gasteiger partial charge in [-0.1, -0.05) is 41.9 Å². The zero-order valence-electron chi connectivity index (χ0n) is 17.9. The van der Waals surface area contributed by atoms with Gasteiger partial charge in [0.15, 0.2) is 0 Å². The van der Waals surface area contributed by atoms with E-state index in [9.17, 15) is 14.7 Å². The highest BCUT2D eigenvalue weighted by Crippen LogP contribution is 2.23. The summed E-state index contributed by atoms with van der Waals surface area (Å²) in [4.78, 5) is 28.6. The number of carbonyl (C=O) groups excluding carboxylic acids is 1. The molecule has 0 bridgehead atoms. The van der Waals surface area contributed by atoms with Crippen molar-refractivity contribution in [2.24, 2.45) is 0 Å². The molecular formula is C26H24ClN3O3. The topological polar surface area (TPSA) is 72.9 Å². The smallest absolute Gasteiger partial charge is 0.336 e. The molecule has 1 fully saturated rings. The number of amides is 1. The first-order valence-electron chi connectivity index (χ1n) is 10.7. The maximum atomic E-state index is 12.4. The Morgan fingerprint density at radius 2 is 1.30 bits per heavy atom. The van der Waals surface area contributed by atoms with E-state index in [0.717, 1.165) is 43.0 Å². The number of carbonyl (C=O) groups is 2. The number of halogens is 1. The first kappa shape index (κ1) is 22.4. The van der Waals surface area contributed by atoms with Crippen molar-refractivity contribution in [3.05, 3.63) is 95.5 Å². The molecule has 2 N–H and O–H groups in total. The van der Waals surface area contributed by atoms with E-state index in [1.54, 1.807) is 30.3 Å². The summed E-state index contributed by atoms with van der Waals surface area (Å²) in [5.74, 6) is -1.63. The van der Waals surface area contributed by atoms with Gasteiger partial charge in [-0.25, -0.2) is 4.79 Å². The van der Waals surface area contributed by atoms with Crippen molar-refractivity contribution in [1.29, 1.82) is 0 Å². The van der Waals surface area contributed by atoms with Crippen molar-refractivity contribution in [3.8, 4) is 0 Å². The second-order valence-corrected chi connectivity index (χ2v) is 8.15. The third kappa shape index (κ3) is 5.73. The van der Waals surface area contributed by atoms with Crippen LogP contribution in [-0.4, -0.2) is 43.2 Å². The third-order valence-electron chi connectivity index (χ3n) is 5.56. The lowest BCUT2D eigenvalue weighted by molar-refractivity contribution is -0.130. The fourth-order valence-corrected chi connectivity index (χ4v) is 3.95. The van der Waals surface area contributed by atoms with E-state index in [1.807, 2.05) is 48.5 Å². The summed E-state index contributed by atoms with van der Waals surface area (Å²) in [6.45, 7) is 3.58. The van der Waals surface area contributed by atoms with Crippen LogP contribution in [0.3, 0.4) is 0 Å². The minimum absolute atomic E-state index is 0.0525. The minimum atomic E-state index is -1.15. The lowest BCUT2D eigenvalue weighted by Crippen LogP contribution is -2.46. The Morgan fingerprint density at radius 3 is 1.82 bits per heavy atom. The summed E-state index contributed by atoms with van der Waals surface area (Å²) in [7, 11) is 0. The highest BCUT2D eigenvalue weighted by molar-refractivity contribution is 6.30. The van der Waals surface area contributed by atoms with Crippen molar-refractivity contribution in [1.82, 2.24) is 0 Å². The first-order chi connectivity index (χ1) is 16.0. The van der Waals surface area contributed by atoms with E-state index >= 15 is 0 Å². The molecule has 1 heterocycles. The van der Waals surface area contributed by atoms with Crippen molar-refractivity contribution >= 4 is 46.1 Å². The number of carboxylic acid groups (broad SMARTS) is 1. The van der Waals surface area contributed by atoms with Gasteiger partial charge in [-0.05, 0) is 54.1 Å². The van der Waals surface area contributed by atoms with Crippen LogP contribution < -0.4 is 15.1 Å². The van der Waals surface area contributed by atoms with E-state index in [1.165, 1.54) is 5.69 Å². The molecule has 0 radical (unpaired) electrons. The number of anilines is 3. The summed E-state index contributed by atoms with van der Waals surface area (Å²) in [5, 5.41) is 12.9. The van der Waals surface area contributed by atoms with Crippen molar-refractivity contribution < 1.29 is 14.7 Å². The molecular weight excluding hydrogens is 438 g/mol. The first-order valence-corrected chi connectivity index (χ1v) is 11.0. The van der Waals surface area contributed by atoms with Gasteiger partial charge in [0.2, 0.25) is 5.91 Å². The Balaban J connectivity index is 1.36. The summed E-state index contributed by atoms with van der Waals surface area (Å²) in [6.07, 6.45) is 1.11. The normalized spacial score (nSPS) is 14.2. The lowest BCUT2D eigenvalue weighted by Gasteiger charge is -2.37. The zero-order valence-corrected chi connectivity index (χ0v) is 18.7. The maximum Gasteiger partial charge on any atom is 0.336 e. The van der Waals surface area contributed by atoms with Gasteiger partial charge in [-0.2, -0.15) is 0 Å². The van der Waals surface area contributed by atoms with Crippen LogP contribution in [0.4, 0.5) is 17.1 Å². The minimum Gasteiger partial charge on any atom is -0.478 e. The molecule has 0 atom stereocenters. The quantitative estimate of drug-likeness (QED) is 0.517. The Kier molecular flexibility index (Phi) is 6.95. The van der Waals surface area contributed by atoms with Crippen LogP contribution >= 0.6 is 11.6 Å². The maximum absolute atomic E-state index is 12.4. The summed E-state index contributed by atoms with van der Waals surface area (Å²) < 4.78 is 0. The van der Waals surface area contributed by atoms with Crippen LogP contribution in [0.1, 0.15) is 5.56 Å². The molecule has 7 heteroatoms. The third-order valence-corrected chi connectivity index (χ3v) is 5.81. The number of rotatable bonds is 6. The largest absolute Gasteiger partial charge is 0.478 e. The average Bonchev–Trinajstić information content (AvgIpc) is 2.84. The summed E-state index contributed by atoms with van der Waals surface area (Å²) in [5.41, 5.74) is 3.28. The molecule has 0 unspecified atom stereocenters. The van der Waals surface area contributed by atoms with Crippen LogP contribution in [0, 0.1) is 0 Å². The monoisotopic (exact) mass is 461 g/mol. The Bertz CT molecular complexity index is 1140. The molecule has 1 amide bonds. The fourth-order valence-electron chi connectivity index (χ4n) is 3.83. The van der Waals surface area contributed by atoms with E-state index in [-0.39, 0.29) is 5.57 Å². The predicted molar refractivity (Wildman–Crippen MR) is 133 cm³/mol. The second-order valence-electron chi connectivity index (χ2n) is 7.72. The van der Waals surface area contributed by atoms with E-state index in [0.29, 0.717) is 11.3 Å². The average molecular weight is 462 g/mol. The molecule has 0 saturated carbocycles. The van der Waals surface area contributed by atoms with Crippen LogP contribution in [0.2, 0.25) is 5.02 Å².